The summed E-state index contributed by atoms with van der Waals surface area (Å²) in [6.07, 6.45) is 3.50. The summed E-state index contributed by atoms with van der Waals surface area (Å²) >= 11 is 1.94. The summed E-state index contributed by atoms with van der Waals surface area (Å²) in [7, 11) is 2.23. The van der Waals surface area contributed by atoms with Crippen LogP contribution in [-0.2, 0) is 0 Å². The SMILES string of the molecule is CSCCC1CNCCN1C. The first-order valence-corrected chi connectivity index (χ1v) is 5.64. The van der Waals surface area contributed by atoms with E-state index >= 15 is 0 Å². The zero-order valence-corrected chi connectivity index (χ0v) is 8.28. The number of piperazine rings is 1. The Kier molecular flexibility index (Phi) is 4.26. The minimum absolute atomic E-state index is 0.774. The molecule has 1 N–H and O–H groups in total. The van der Waals surface area contributed by atoms with E-state index in [1.807, 2.05) is 11.8 Å². The van der Waals surface area contributed by atoms with Crippen molar-refractivity contribution >= 4 is 11.8 Å². The first-order chi connectivity index (χ1) is 5.34. The topological polar surface area (TPSA) is 15.3 Å². The van der Waals surface area contributed by atoms with E-state index in [-0.39, 0.29) is 0 Å². The normalized spacial score (nSPS) is 27.3. The van der Waals surface area contributed by atoms with Crippen LogP contribution in [0.15, 0.2) is 0 Å². The number of hydrogen-bond acceptors (Lipinski definition) is 3. The summed E-state index contributed by atoms with van der Waals surface area (Å²) in [5, 5.41) is 3.42. The van der Waals surface area contributed by atoms with Crippen molar-refractivity contribution in [3.8, 4) is 0 Å². The average molecular weight is 174 g/mol. The predicted molar refractivity (Wildman–Crippen MR) is 52.3 cm³/mol. The molecule has 1 aliphatic heterocycles. The van der Waals surface area contributed by atoms with Crippen molar-refractivity contribution in [1.29, 1.82) is 0 Å². The quantitative estimate of drug-likeness (QED) is 0.676. The van der Waals surface area contributed by atoms with Crippen molar-refractivity contribution in [2.24, 2.45) is 0 Å². The molecule has 0 saturated carbocycles. The highest BCUT2D eigenvalue weighted by atomic mass is 32.2. The van der Waals surface area contributed by atoms with Gasteiger partial charge in [-0.05, 0) is 25.5 Å². The van der Waals surface area contributed by atoms with Crippen LogP contribution in [0.5, 0.6) is 0 Å². The molecule has 2 nitrogen and oxygen atoms in total. The second-order valence-corrected chi connectivity index (χ2v) is 4.11. The maximum Gasteiger partial charge on any atom is 0.0225 e. The van der Waals surface area contributed by atoms with Crippen LogP contribution in [0.25, 0.3) is 0 Å². The lowest BCUT2D eigenvalue weighted by molar-refractivity contribution is 0.196. The third kappa shape index (κ3) is 3.01. The number of nitrogens with zero attached hydrogens (tertiary/aromatic N) is 1. The maximum atomic E-state index is 3.42. The Morgan fingerprint density at radius 1 is 1.64 bits per heavy atom. The first kappa shape index (κ1) is 9.36. The smallest absolute Gasteiger partial charge is 0.0225 e. The van der Waals surface area contributed by atoms with Gasteiger partial charge in [-0.15, -0.1) is 0 Å². The van der Waals surface area contributed by atoms with E-state index in [0.29, 0.717) is 0 Å². The molecule has 1 saturated heterocycles. The molecule has 66 valence electrons. The van der Waals surface area contributed by atoms with E-state index in [4.69, 9.17) is 0 Å². The lowest BCUT2D eigenvalue weighted by Gasteiger charge is -2.32. The molecule has 0 aromatic rings. The van der Waals surface area contributed by atoms with Gasteiger partial charge in [0.25, 0.3) is 0 Å². The Morgan fingerprint density at radius 3 is 3.09 bits per heavy atom. The van der Waals surface area contributed by atoms with Crippen LogP contribution in [-0.4, -0.2) is 49.6 Å². The van der Waals surface area contributed by atoms with E-state index in [0.717, 1.165) is 12.6 Å². The highest BCUT2D eigenvalue weighted by Crippen LogP contribution is 2.07. The van der Waals surface area contributed by atoms with E-state index in [1.54, 1.807) is 0 Å². The molecule has 0 spiro atoms. The fourth-order valence-electron chi connectivity index (χ4n) is 1.44. The second kappa shape index (κ2) is 5.01. The van der Waals surface area contributed by atoms with Crippen LogP contribution in [0.1, 0.15) is 6.42 Å². The molecular formula is C8H18N2S. The predicted octanol–water partition coefficient (Wildman–Crippen LogP) is 0.643. The van der Waals surface area contributed by atoms with Crippen molar-refractivity contribution < 1.29 is 0 Å². The van der Waals surface area contributed by atoms with Crippen LogP contribution in [0.3, 0.4) is 0 Å². The van der Waals surface area contributed by atoms with Gasteiger partial charge >= 0.3 is 0 Å². The molecule has 1 heterocycles. The van der Waals surface area contributed by atoms with Gasteiger partial charge in [-0.3, -0.25) is 0 Å². The Bertz CT molecular complexity index is 108. The Morgan fingerprint density at radius 2 is 2.45 bits per heavy atom. The van der Waals surface area contributed by atoms with Crippen LogP contribution < -0.4 is 5.32 Å². The Balaban J connectivity index is 2.18. The van der Waals surface area contributed by atoms with E-state index in [2.05, 4.69) is 23.5 Å². The van der Waals surface area contributed by atoms with E-state index in [1.165, 1.54) is 25.3 Å². The summed E-state index contributed by atoms with van der Waals surface area (Å²) < 4.78 is 0. The van der Waals surface area contributed by atoms with E-state index in [9.17, 15) is 0 Å². The Labute approximate surface area is 73.7 Å². The highest BCUT2D eigenvalue weighted by molar-refractivity contribution is 7.98. The molecule has 1 fully saturated rings. The summed E-state index contributed by atoms with van der Waals surface area (Å²) in [6, 6.07) is 0.774. The molecule has 0 aromatic heterocycles. The summed E-state index contributed by atoms with van der Waals surface area (Å²) in [5.41, 5.74) is 0. The van der Waals surface area contributed by atoms with Gasteiger partial charge < -0.3 is 10.2 Å². The number of rotatable bonds is 3. The summed E-state index contributed by atoms with van der Waals surface area (Å²) in [6.45, 7) is 3.54. The number of hydrogen-bond donors (Lipinski definition) is 1. The molecular weight excluding hydrogens is 156 g/mol. The third-order valence-electron chi connectivity index (χ3n) is 2.30. The van der Waals surface area contributed by atoms with Crippen LogP contribution in [0, 0.1) is 0 Å². The maximum absolute atomic E-state index is 3.42. The lowest BCUT2D eigenvalue weighted by Crippen LogP contribution is -2.49. The van der Waals surface area contributed by atoms with Crippen molar-refractivity contribution in [2.45, 2.75) is 12.5 Å². The van der Waals surface area contributed by atoms with Crippen molar-refractivity contribution in [3.63, 3.8) is 0 Å². The van der Waals surface area contributed by atoms with Gasteiger partial charge in [-0.25, -0.2) is 0 Å². The van der Waals surface area contributed by atoms with Gasteiger partial charge in [0.05, 0.1) is 0 Å². The molecule has 0 aromatic carbocycles. The third-order valence-corrected chi connectivity index (χ3v) is 2.94. The molecule has 1 aliphatic rings. The number of likely N-dealkylation sites (N-methyl/N-ethyl adjacent to an activating group) is 1. The zero-order valence-electron chi connectivity index (χ0n) is 7.47. The van der Waals surface area contributed by atoms with Gasteiger partial charge in [0.1, 0.15) is 0 Å². The van der Waals surface area contributed by atoms with Gasteiger partial charge in [-0.2, -0.15) is 11.8 Å². The van der Waals surface area contributed by atoms with Crippen LogP contribution in [0.4, 0.5) is 0 Å². The molecule has 0 bridgehead atoms. The van der Waals surface area contributed by atoms with Crippen LogP contribution >= 0.6 is 11.8 Å². The van der Waals surface area contributed by atoms with Gasteiger partial charge in [0, 0.05) is 25.7 Å². The highest BCUT2D eigenvalue weighted by Gasteiger charge is 2.16. The molecule has 0 radical (unpaired) electrons. The number of thioether (sulfide) groups is 1. The first-order valence-electron chi connectivity index (χ1n) is 4.24. The minimum atomic E-state index is 0.774. The molecule has 11 heavy (non-hydrogen) atoms. The fraction of sp³-hybridized carbons (Fsp3) is 1.00. The number of nitrogens with one attached hydrogen (secondary N) is 1. The molecule has 1 rings (SSSR count). The lowest BCUT2D eigenvalue weighted by atomic mass is 10.1. The zero-order chi connectivity index (χ0) is 8.10. The summed E-state index contributed by atoms with van der Waals surface area (Å²) in [5.74, 6) is 1.29. The fourth-order valence-corrected chi connectivity index (χ4v) is 1.95. The average Bonchev–Trinajstić information content (AvgIpc) is 2.03. The molecule has 1 unspecified atom stereocenters. The van der Waals surface area contributed by atoms with Gasteiger partial charge in [-0.1, -0.05) is 0 Å². The molecule has 0 aliphatic carbocycles. The molecule has 1 atom stereocenters. The van der Waals surface area contributed by atoms with Gasteiger partial charge in [0.15, 0.2) is 0 Å². The Hall–Kier alpha value is 0.270. The summed E-state index contributed by atoms with van der Waals surface area (Å²) in [4.78, 5) is 2.46. The minimum Gasteiger partial charge on any atom is -0.314 e. The standard InChI is InChI=1S/C8H18N2S/c1-10-5-4-9-7-8(10)3-6-11-2/h8-9H,3-7H2,1-2H3. The van der Waals surface area contributed by atoms with Gasteiger partial charge in [0.2, 0.25) is 0 Å². The largest absolute Gasteiger partial charge is 0.314 e. The van der Waals surface area contributed by atoms with Crippen molar-refractivity contribution in [2.75, 3.05) is 38.7 Å². The second-order valence-electron chi connectivity index (χ2n) is 3.12. The molecule has 3 heteroatoms. The monoisotopic (exact) mass is 174 g/mol. The van der Waals surface area contributed by atoms with E-state index < -0.39 is 0 Å². The van der Waals surface area contributed by atoms with Crippen LogP contribution in [0.2, 0.25) is 0 Å². The van der Waals surface area contributed by atoms with Crippen molar-refractivity contribution in [1.82, 2.24) is 10.2 Å². The van der Waals surface area contributed by atoms with Crippen molar-refractivity contribution in [3.05, 3.63) is 0 Å². The molecule has 0 amide bonds.